The minimum absolute atomic E-state index is 0.0318. The number of anilines is 2. The van der Waals surface area contributed by atoms with E-state index in [0.717, 1.165) is 17.1 Å². The first-order valence-electron chi connectivity index (χ1n) is 6.93. The maximum Gasteiger partial charge on any atom is 0.151 e. The lowest BCUT2D eigenvalue weighted by molar-refractivity contribution is 0.146. The van der Waals surface area contributed by atoms with Gasteiger partial charge in [0.15, 0.2) is 11.5 Å². The lowest BCUT2D eigenvalue weighted by Gasteiger charge is -2.38. The predicted molar refractivity (Wildman–Crippen MR) is 78.8 cm³/mol. The quantitative estimate of drug-likeness (QED) is 0.738. The smallest absolute Gasteiger partial charge is 0.151 e. The van der Waals surface area contributed by atoms with Gasteiger partial charge in [-0.3, -0.25) is 0 Å². The van der Waals surface area contributed by atoms with Crippen molar-refractivity contribution in [3.05, 3.63) is 60.4 Å². The molecule has 1 atom stereocenters. The number of hydrogen-bond acceptors (Lipinski definition) is 3. The van der Waals surface area contributed by atoms with E-state index in [1.807, 2.05) is 30.3 Å². The van der Waals surface area contributed by atoms with Crippen molar-refractivity contribution in [1.82, 2.24) is 0 Å². The number of fused-ring (bicyclic) bond motifs is 2. The maximum absolute atomic E-state index is 13.7. The number of ether oxygens (including phenoxy) is 2. The Morgan fingerprint density at radius 3 is 2.76 bits per heavy atom. The zero-order valence-corrected chi connectivity index (χ0v) is 11.3. The minimum atomic E-state index is -0.276. The van der Waals surface area contributed by atoms with Gasteiger partial charge in [-0.05, 0) is 24.3 Å². The van der Waals surface area contributed by atoms with Crippen LogP contribution in [-0.2, 0) is 4.74 Å². The first kappa shape index (κ1) is 12.4. The Morgan fingerprint density at radius 2 is 1.90 bits per heavy atom. The monoisotopic (exact) mass is 283 g/mol. The average Bonchev–Trinajstić information content (AvgIpc) is 2.53. The molecule has 1 unspecified atom stereocenters. The summed E-state index contributed by atoms with van der Waals surface area (Å²) >= 11 is 0. The summed E-state index contributed by atoms with van der Waals surface area (Å²) < 4.78 is 25.1. The molecule has 2 heterocycles. The molecule has 2 aliphatic heterocycles. The molecule has 0 saturated heterocycles. The molecule has 0 radical (unpaired) electrons. The van der Waals surface area contributed by atoms with Crippen LogP contribution >= 0.6 is 0 Å². The summed E-state index contributed by atoms with van der Waals surface area (Å²) in [7, 11) is 0. The largest absolute Gasteiger partial charge is 0.453 e. The highest BCUT2D eigenvalue weighted by atomic mass is 19.1. The fourth-order valence-corrected chi connectivity index (χ4v) is 2.80. The fourth-order valence-electron chi connectivity index (χ4n) is 2.80. The van der Waals surface area contributed by atoms with E-state index in [-0.39, 0.29) is 11.9 Å². The van der Waals surface area contributed by atoms with Crippen molar-refractivity contribution in [2.24, 2.45) is 0 Å². The van der Waals surface area contributed by atoms with Crippen molar-refractivity contribution in [1.29, 1.82) is 0 Å². The van der Waals surface area contributed by atoms with Crippen molar-refractivity contribution in [2.75, 3.05) is 18.1 Å². The van der Waals surface area contributed by atoms with Gasteiger partial charge in [0.25, 0.3) is 0 Å². The van der Waals surface area contributed by atoms with Crippen molar-refractivity contribution in [2.45, 2.75) is 6.04 Å². The topological polar surface area (TPSA) is 21.7 Å². The fraction of sp³-hybridized carbons (Fsp3) is 0.176. The predicted octanol–water partition coefficient (Wildman–Crippen LogP) is 4.02. The van der Waals surface area contributed by atoms with Gasteiger partial charge in [-0.2, -0.15) is 0 Å². The van der Waals surface area contributed by atoms with E-state index in [2.05, 4.69) is 11.0 Å². The van der Waals surface area contributed by atoms with Gasteiger partial charge in [-0.1, -0.05) is 24.3 Å². The molecule has 2 aliphatic rings. The Balaban J connectivity index is 1.89. The first-order chi connectivity index (χ1) is 10.3. The van der Waals surface area contributed by atoms with Crippen LogP contribution in [0, 0.1) is 5.82 Å². The molecule has 4 rings (SSSR count). The summed E-state index contributed by atoms with van der Waals surface area (Å²) in [6.45, 7) is 1.19. The molecule has 4 heteroatoms. The molecule has 0 spiro atoms. The van der Waals surface area contributed by atoms with Gasteiger partial charge in [0.05, 0.1) is 30.6 Å². The van der Waals surface area contributed by atoms with E-state index in [1.54, 1.807) is 6.07 Å². The standard InChI is InChI=1S/C17H14FNO2/c18-12-7-8-17-15(10-12)19(13-4-3-9-20-11-13)14-5-1-2-6-16(14)21-17/h1-8,10,13H,9,11H2. The molecule has 0 saturated carbocycles. The van der Waals surface area contributed by atoms with Crippen LogP contribution in [0.1, 0.15) is 0 Å². The lowest BCUT2D eigenvalue weighted by Crippen LogP contribution is -2.37. The second kappa shape index (κ2) is 4.90. The molecule has 106 valence electrons. The Morgan fingerprint density at radius 1 is 1.05 bits per heavy atom. The van der Waals surface area contributed by atoms with E-state index in [4.69, 9.17) is 9.47 Å². The van der Waals surface area contributed by atoms with Gasteiger partial charge >= 0.3 is 0 Å². The number of rotatable bonds is 1. The molecule has 3 nitrogen and oxygen atoms in total. The van der Waals surface area contributed by atoms with Crippen molar-refractivity contribution in [3.63, 3.8) is 0 Å². The van der Waals surface area contributed by atoms with Gasteiger partial charge in [-0.25, -0.2) is 4.39 Å². The molecule has 0 amide bonds. The number of para-hydroxylation sites is 2. The third-order valence-electron chi connectivity index (χ3n) is 3.72. The van der Waals surface area contributed by atoms with Crippen LogP contribution in [0.15, 0.2) is 54.6 Å². The zero-order valence-electron chi connectivity index (χ0n) is 11.3. The Hall–Kier alpha value is -2.33. The van der Waals surface area contributed by atoms with Crippen molar-refractivity contribution in [3.8, 4) is 11.5 Å². The van der Waals surface area contributed by atoms with Crippen LogP contribution in [0.3, 0.4) is 0 Å². The van der Waals surface area contributed by atoms with Crippen LogP contribution in [0.2, 0.25) is 0 Å². The summed E-state index contributed by atoms with van der Waals surface area (Å²) in [6.07, 6.45) is 4.09. The van der Waals surface area contributed by atoms with Crippen LogP contribution in [0.4, 0.5) is 15.8 Å². The SMILES string of the molecule is Fc1ccc2c(c1)N(C1C=CCOC1)c1ccccc1O2. The van der Waals surface area contributed by atoms with Crippen molar-refractivity contribution < 1.29 is 13.9 Å². The Kier molecular flexibility index (Phi) is 2.89. The lowest BCUT2D eigenvalue weighted by atomic mass is 10.1. The molecule has 0 N–H and O–H groups in total. The van der Waals surface area contributed by atoms with E-state index in [1.165, 1.54) is 12.1 Å². The van der Waals surface area contributed by atoms with Gasteiger partial charge in [0.2, 0.25) is 0 Å². The number of benzene rings is 2. The van der Waals surface area contributed by atoms with E-state index in [9.17, 15) is 4.39 Å². The summed E-state index contributed by atoms with van der Waals surface area (Å²) in [4.78, 5) is 2.08. The highest BCUT2D eigenvalue weighted by Crippen LogP contribution is 2.47. The highest BCUT2D eigenvalue weighted by Gasteiger charge is 2.30. The Bertz CT molecular complexity index is 714. The van der Waals surface area contributed by atoms with E-state index >= 15 is 0 Å². The van der Waals surface area contributed by atoms with E-state index < -0.39 is 0 Å². The molecule has 21 heavy (non-hydrogen) atoms. The summed E-state index contributed by atoms with van der Waals surface area (Å²) in [5, 5.41) is 0. The first-order valence-corrected chi connectivity index (χ1v) is 6.93. The van der Waals surface area contributed by atoms with Crippen LogP contribution < -0.4 is 9.64 Å². The summed E-state index contributed by atoms with van der Waals surface area (Å²) in [5.74, 6) is 1.16. The highest BCUT2D eigenvalue weighted by molar-refractivity contribution is 5.79. The second-order valence-corrected chi connectivity index (χ2v) is 5.08. The van der Waals surface area contributed by atoms with Crippen LogP contribution in [0.25, 0.3) is 0 Å². The van der Waals surface area contributed by atoms with Crippen LogP contribution in [-0.4, -0.2) is 19.3 Å². The number of hydrogen-bond donors (Lipinski definition) is 0. The molecule has 2 aromatic carbocycles. The molecule has 0 aromatic heterocycles. The van der Waals surface area contributed by atoms with Gasteiger partial charge in [0, 0.05) is 6.07 Å². The second-order valence-electron chi connectivity index (χ2n) is 5.08. The maximum atomic E-state index is 13.7. The molecule has 0 bridgehead atoms. The molecular weight excluding hydrogens is 269 g/mol. The number of halogens is 1. The third-order valence-corrected chi connectivity index (χ3v) is 3.72. The van der Waals surface area contributed by atoms with Gasteiger partial charge < -0.3 is 14.4 Å². The van der Waals surface area contributed by atoms with Gasteiger partial charge in [-0.15, -0.1) is 0 Å². The summed E-state index contributed by atoms with van der Waals surface area (Å²) in [5.41, 5.74) is 1.66. The number of nitrogens with zero attached hydrogens (tertiary/aromatic N) is 1. The normalized spacial score (nSPS) is 19.7. The third kappa shape index (κ3) is 2.08. The summed E-state index contributed by atoms with van der Waals surface area (Å²) in [6, 6.07) is 12.4. The van der Waals surface area contributed by atoms with E-state index in [0.29, 0.717) is 19.0 Å². The molecule has 0 fully saturated rings. The minimum Gasteiger partial charge on any atom is -0.453 e. The van der Waals surface area contributed by atoms with Crippen molar-refractivity contribution >= 4 is 11.4 Å². The Labute approximate surface area is 122 Å². The molecular formula is C17H14FNO2. The van der Waals surface area contributed by atoms with Crippen LogP contribution in [0.5, 0.6) is 11.5 Å². The average molecular weight is 283 g/mol. The zero-order chi connectivity index (χ0) is 14.2. The molecule has 2 aromatic rings. The molecule has 0 aliphatic carbocycles. The van der Waals surface area contributed by atoms with Gasteiger partial charge in [0.1, 0.15) is 5.82 Å².